The standard InChI is InChI=1S/C22H30ClN5/c1-4-15(2)20(23)21(28-22(24)25-14-26-28)27-16(3)17-10-12-19(13-11-17)18-8-6-5-7-9-18/h10-14,16,18,27H,2,4-9H2,1,3H3,(H2,24,25,26)/b21-20+. The van der Waals surface area contributed by atoms with Gasteiger partial charge in [-0.2, -0.15) is 14.8 Å². The van der Waals surface area contributed by atoms with Crippen LogP contribution in [-0.2, 0) is 0 Å². The first kappa shape index (κ1) is 20.5. The van der Waals surface area contributed by atoms with Gasteiger partial charge in [0, 0.05) is 6.04 Å². The van der Waals surface area contributed by atoms with Crippen LogP contribution in [-0.4, -0.2) is 14.8 Å². The third-order valence-corrected chi connectivity index (χ3v) is 6.04. The Balaban J connectivity index is 1.81. The molecule has 1 unspecified atom stereocenters. The Morgan fingerprint density at radius 2 is 1.96 bits per heavy atom. The van der Waals surface area contributed by atoms with Crippen LogP contribution in [0.5, 0.6) is 0 Å². The van der Waals surface area contributed by atoms with Crippen LogP contribution in [0.3, 0.4) is 0 Å². The molecular weight excluding hydrogens is 370 g/mol. The molecule has 28 heavy (non-hydrogen) atoms. The van der Waals surface area contributed by atoms with Crippen molar-refractivity contribution < 1.29 is 0 Å². The van der Waals surface area contributed by atoms with Crippen LogP contribution in [0.15, 0.2) is 47.8 Å². The SMILES string of the molecule is C=C(CC)/C(Cl)=C(/NC(C)c1ccc(C2CCCCC2)cc1)n1ncnc1N. The van der Waals surface area contributed by atoms with E-state index in [4.69, 9.17) is 17.3 Å². The normalized spacial score (nSPS) is 17.1. The van der Waals surface area contributed by atoms with Crippen LogP contribution in [0.1, 0.15) is 75.5 Å². The van der Waals surface area contributed by atoms with Gasteiger partial charge in [0.05, 0.1) is 5.03 Å². The zero-order valence-corrected chi connectivity index (χ0v) is 17.5. The fraction of sp³-hybridized carbons (Fsp3) is 0.455. The Labute approximate surface area is 172 Å². The van der Waals surface area contributed by atoms with Gasteiger partial charge in [-0.25, -0.2) is 0 Å². The Bertz CT molecular complexity index is 831. The Morgan fingerprint density at radius 3 is 2.54 bits per heavy atom. The molecule has 0 spiro atoms. The summed E-state index contributed by atoms with van der Waals surface area (Å²) in [6, 6.07) is 8.96. The molecule has 1 atom stereocenters. The second kappa shape index (κ2) is 9.28. The highest BCUT2D eigenvalue weighted by Gasteiger charge is 2.18. The van der Waals surface area contributed by atoms with Crippen LogP contribution in [0.4, 0.5) is 5.95 Å². The van der Waals surface area contributed by atoms with E-state index in [0.29, 0.717) is 16.8 Å². The molecule has 1 heterocycles. The smallest absolute Gasteiger partial charge is 0.224 e. The van der Waals surface area contributed by atoms with Crippen molar-refractivity contribution in [1.82, 2.24) is 20.1 Å². The molecule has 3 rings (SSSR count). The summed E-state index contributed by atoms with van der Waals surface area (Å²) in [6.45, 7) is 8.16. The average molecular weight is 400 g/mol. The molecule has 0 bridgehead atoms. The van der Waals surface area contributed by atoms with Crippen molar-refractivity contribution in [3.63, 3.8) is 0 Å². The summed E-state index contributed by atoms with van der Waals surface area (Å²) < 4.78 is 1.52. The Morgan fingerprint density at radius 1 is 1.29 bits per heavy atom. The van der Waals surface area contributed by atoms with Crippen molar-refractivity contribution in [3.8, 4) is 0 Å². The molecule has 1 aromatic carbocycles. The molecule has 1 aliphatic rings. The predicted molar refractivity (Wildman–Crippen MR) is 117 cm³/mol. The number of halogens is 1. The minimum atomic E-state index is 0.0254. The molecule has 6 heteroatoms. The van der Waals surface area contributed by atoms with Gasteiger partial charge in [-0.3, -0.25) is 0 Å². The number of allylic oxidation sites excluding steroid dienone is 2. The minimum absolute atomic E-state index is 0.0254. The van der Waals surface area contributed by atoms with Gasteiger partial charge in [-0.15, -0.1) is 0 Å². The van der Waals surface area contributed by atoms with Crippen LogP contribution in [0.25, 0.3) is 5.82 Å². The van der Waals surface area contributed by atoms with E-state index in [1.165, 1.54) is 54.2 Å². The number of aromatic nitrogens is 3. The van der Waals surface area contributed by atoms with Crippen molar-refractivity contribution >= 4 is 23.4 Å². The summed E-state index contributed by atoms with van der Waals surface area (Å²) in [5, 5.41) is 8.19. The number of rotatable bonds is 7. The lowest BCUT2D eigenvalue weighted by Gasteiger charge is -2.23. The number of nitrogen functional groups attached to an aromatic ring is 1. The second-order valence-electron chi connectivity index (χ2n) is 7.52. The first-order valence-corrected chi connectivity index (χ1v) is 10.5. The lowest BCUT2D eigenvalue weighted by Crippen LogP contribution is -2.24. The monoisotopic (exact) mass is 399 g/mol. The number of hydrogen-bond donors (Lipinski definition) is 2. The molecule has 0 amide bonds. The topological polar surface area (TPSA) is 68.8 Å². The van der Waals surface area contributed by atoms with Crippen LogP contribution in [0, 0.1) is 0 Å². The van der Waals surface area contributed by atoms with Crippen LogP contribution >= 0.6 is 11.6 Å². The van der Waals surface area contributed by atoms with Crippen molar-refractivity contribution in [2.45, 2.75) is 64.3 Å². The highest BCUT2D eigenvalue weighted by molar-refractivity contribution is 6.34. The maximum absolute atomic E-state index is 6.59. The van der Waals surface area contributed by atoms with Gasteiger partial charge in [0.2, 0.25) is 5.95 Å². The summed E-state index contributed by atoms with van der Waals surface area (Å²) in [5.41, 5.74) is 9.41. The molecule has 3 N–H and O–H groups in total. The highest BCUT2D eigenvalue weighted by atomic mass is 35.5. The van der Waals surface area contributed by atoms with E-state index in [2.05, 4.69) is 53.2 Å². The van der Waals surface area contributed by atoms with E-state index in [1.54, 1.807) is 0 Å². The van der Waals surface area contributed by atoms with E-state index in [1.807, 2.05) is 6.92 Å². The van der Waals surface area contributed by atoms with Gasteiger partial charge >= 0.3 is 0 Å². The van der Waals surface area contributed by atoms with Crippen LogP contribution in [0.2, 0.25) is 0 Å². The summed E-state index contributed by atoms with van der Waals surface area (Å²) >= 11 is 6.59. The fourth-order valence-corrected chi connectivity index (χ4v) is 4.01. The number of nitrogens with zero attached hydrogens (tertiary/aromatic N) is 3. The summed E-state index contributed by atoms with van der Waals surface area (Å²) in [4.78, 5) is 4.02. The molecule has 2 aromatic rings. The number of nitrogens with two attached hydrogens (primary N) is 1. The molecule has 1 fully saturated rings. The van der Waals surface area contributed by atoms with Gasteiger partial charge in [0.1, 0.15) is 6.33 Å². The van der Waals surface area contributed by atoms with Gasteiger partial charge < -0.3 is 11.1 Å². The fourth-order valence-electron chi connectivity index (χ4n) is 3.74. The Kier molecular flexibility index (Phi) is 6.79. The van der Waals surface area contributed by atoms with E-state index >= 15 is 0 Å². The molecule has 0 saturated heterocycles. The van der Waals surface area contributed by atoms with E-state index in [-0.39, 0.29) is 12.0 Å². The zero-order chi connectivity index (χ0) is 20.1. The van der Waals surface area contributed by atoms with Crippen molar-refractivity contribution in [1.29, 1.82) is 0 Å². The lowest BCUT2D eigenvalue weighted by molar-refractivity contribution is 0.443. The zero-order valence-electron chi connectivity index (χ0n) is 16.8. The maximum Gasteiger partial charge on any atom is 0.224 e. The van der Waals surface area contributed by atoms with Crippen molar-refractivity contribution in [3.05, 3.63) is 58.9 Å². The molecule has 5 nitrogen and oxygen atoms in total. The van der Waals surface area contributed by atoms with Gasteiger partial charge in [-0.05, 0) is 48.8 Å². The van der Waals surface area contributed by atoms with Gasteiger partial charge in [0.25, 0.3) is 0 Å². The summed E-state index contributed by atoms with van der Waals surface area (Å²) in [7, 11) is 0. The molecule has 1 aromatic heterocycles. The number of nitrogens with one attached hydrogen (secondary N) is 1. The first-order chi connectivity index (χ1) is 13.5. The summed E-state index contributed by atoms with van der Waals surface area (Å²) in [6.07, 6.45) is 8.83. The van der Waals surface area contributed by atoms with Gasteiger partial charge in [-0.1, -0.05) is 68.6 Å². The molecule has 150 valence electrons. The highest BCUT2D eigenvalue weighted by Crippen LogP contribution is 2.33. The third-order valence-electron chi connectivity index (χ3n) is 5.60. The van der Waals surface area contributed by atoms with Crippen molar-refractivity contribution in [2.75, 3.05) is 5.73 Å². The maximum atomic E-state index is 6.59. The molecule has 0 aliphatic heterocycles. The predicted octanol–water partition coefficient (Wildman–Crippen LogP) is 5.59. The summed E-state index contributed by atoms with van der Waals surface area (Å²) in [5.74, 6) is 1.59. The van der Waals surface area contributed by atoms with Gasteiger partial charge in [0.15, 0.2) is 5.82 Å². The van der Waals surface area contributed by atoms with E-state index < -0.39 is 0 Å². The average Bonchev–Trinajstić information content (AvgIpc) is 3.17. The number of benzene rings is 1. The first-order valence-electron chi connectivity index (χ1n) is 10.1. The third kappa shape index (κ3) is 4.58. The molecule has 1 saturated carbocycles. The van der Waals surface area contributed by atoms with E-state index in [9.17, 15) is 0 Å². The van der Waals surface area contributed by atoms with Crippen molar-refractivity contribution in [2.24, 2.45) is 0 Å². The molecular formula is C22H30ClN5. The number of anilines is 1. The quantitative estimate of drug-likeness (QED) is 0.595. The number of hydrogen-bond acceptors (Lipinski definition) is 4. The largest absolute Gasteiger partial charge is 0.368 e. The van der Waals surface area contributed by atoms with Crippen LogP contribution < -0.4 is 11.1 Å². The second-order valence-corrected chi connectivity index (χ2v) is 7.90. The molecule has 0 radical (unpaired) electrons. The lowest BCUT2D eigenvalue weighted by atomic mass is 9.84. The molecule has 1 aliphatic carbocycles. The minimum Gasteiger partial charge on any atom is -0.368 e. The Hall–Kier alpha value is -2.27. The van der Waals surface area contributed by atoms with E-state index in [0.717, 1.165) is 12.0 Å².